The van der Waals surface area contributed by atoms with E-state index >= 15 is 0 Å². The number of halogens is 1. The topological polar surface area (TPSA) is 81.7 Å². The summed E-state index contributed by atoms with van der Waals surface area (Å²) in [5, 5.41) is 12.1. The highest BCUT2D eigenvalue weighted by atomic mass is 35.5. The highest BCUT2D eigenvalue weighted by Gasteiger charge is 2.22. The fourth-order valence-corrected chi connectivity index (χ4v) is 5.09. The largest absolute Gasteiger partial charge is 0.505 e. The van der Waals surface area contributed by atoms with E-state index in [1.807, 2.05) is 24.3 Å². The van der Waals surface area contributed by atoms with Gasteiger partial charge in [0.25, 0.3) is 5.56 Å². The number of para-hydroxylation sites is 2. The van der Waals surface area contributed by atoms with Gasteiger partial charge in [0.1, 0.15) is 16.0 Å². The number of fused-ring (bicyclic) bond motifs is 3. The first-order valence-electron chi connectivity index (χ1n) is 10.3. The van der Waals surface area contributed by atoms with Crippen molar-refractivity contribution < 1.29 is 14.3 Å². The van der Waals surface area contributed by atoms with E-state index in [1.165, 1.54) is 0 Å². The molecule has 0 saturated heterocycles. The Hall–Kier alpha value is -3.68. The lowest BCUT2D eigenvalue weighted by atomic mass is 10.1. The van der Waals surface area contributed by atoms with E-state index in [4.69, 9.17) is 20.8 Å². The molecule has 0 spiro atoms. The number of methoxy groups -OCH3 is 1. The van der Waals surface area contributed by atoms with Crippen molar-refractivity contribution in [2.75, 3.05) is 7.11 Å². The summed E-state index contributed by atoms with van der Waals surface area (Å²) in [4.78, 5) is 27.1. The van der Waals surface area contributed by atoms with Crippen LogP contribution in [0, 0.1) is 0 Å². The van der Waals surface area contributed by atoms with Crippen molar-refractivity contribution in [1.82, 2.24) is 4.57 Å². The molecule has 0 unspecified atom stereocenters. The average Bonchev–Trinajstić information content (AvgIpc) is 2.84. The molecule has 0 bridgehead atoms. The van der Waals surface area contributed by atoms with Gasteiger partial charge in [-0.2, -0.15) is 0 Å². The average molecular weight is 492 g/mol. The van der Waals surface area contributed by atoms with Crippen LogP contribution in [0.5, 0.6) is 11.5 Å². The predicted molar refractivity (Wildman–Crippen MR) is 134 cm³/mol. The molecule has 3 aromatic carbocycles. The Labute approximate surface area is 203 Å². The number of hydrogen-bond donors (Lipinski definition) is 1. The minimum atomic E-state index is -0.734. The minimum absolute atomic E-state index is 0.0508. The molecule has 5 aromatic rings. The van der Waals surface area contributed by atoms with Crippen molar-refractivity contribution in [2.24, 2.45) is 0 Å². The van der Waals surface area contributed by atoms with Crippen LogP contribution in [-0.4, -0.2) is 16.8 Å². The third-order valence-electron chi connectivity index (χ3n) is 5.49. The zero-order valence-corrected chi connectivity index (χ0v) is 19.5. The Morgan fingerprint density at radius 1 is 1.03 bits per heavy atom. The van der Waals surface area contributed by atoms with Crippen LogP contribution in [-0.2, 0) is 6.54 Å². The van der Waals surface area contributed by atoms with E-state index in [9.17, 15) is 14.7 Å². The number of benzene rings is 3. The van der Waals surface area contributed by atoms with Crippen molar-refractivity contribution in [3.63, 3.8) is 0 Å². The number of hydrogen-bond acceptors (Lipinski definition) is 6. The SMILES string of the molecule is COc1ccccc1Cn1c(=O)c2c(O)c(Sc3cccc(Cl)c3)c(=O)oc2c2ccccc21. The molecule has 0 aliphatic heterocycles. The minimum Gasteiger partial charge on any atom is -0.505 e. The highest BCUT2D eigenvalue weighted by molar-refractivity contribution is 7.99. The van der Waals surface area contributed by atoms with Crippen molar-refractivity contribution >= 4 is 45.2 Å². The van der Waals surface area contributed by atoms with Gasteiger partial charge < -0.3 is 18.8 Å². The van der Waals surface area contributed by atoms with Crippen LogP contribution in [0.1, 0.15) is 5.56 Å². The van der Waals surface area contributed by atoms with Crippen molar-refractivity contribution in [2.45, 2.75) is 16.3 Å². The Morgan fingerprint density at radius 3 is 2.59 bits per heavy atom. The van der Waals surface area contributed by atoms with Crippen LogP contribution in [0.2, 0.25) is 5.02 Å². The first-order chi connectivity index (χ1) is 16.5. The molecule has 0 radical (unpaired) electrons. The van der Waals surface area contributed by atoms with E-state index in [0.717, 1.165) is 17.3 Å². The van der Waals surface area contributed by atoms with Crippen LogP contribution < -0.4 is 15.9 Å². The summed E-state index contributed by atoms with van der Waals surface area (Å²) >= 11 is 7.05. The summed E-state index contributed by atoms with van der Waals surface area (Å²) in [6.07, 6.45) is 0. The van der Waals surface area contributed by atoms with Crippen molar-refractivity contribution in [1.29, 1.82) is 0 Å². The molecule has 0 aliphatic rings. The van der Waals surface area contributed by atoms with Gasteiger partial charge >= 0.3 is 5.63 Å². The first kappa shape index (κ1) is 22.1. The van der Waals surface area contributed by atoms with Crippen molar-refractivity contribution in [3.05, 3.63) is 104 Å². The van der Waals surface area contributed by atoms with Crippen LogP contribution >= 0.6 is 23.4 Å². The zero-order chi connectivity index (χ0) is 23.8. The van der Waals surface area contributed by atoms with Crippen LogP contribution in [0.15, 0.2) is 96.6 Å². The normalized spacial score (nSPS) is 11.2. The van der Waals surface area contributed by atoms with Gasteiger partial charge in [-0.3, -0.25) is 4.79 Å². The second-order valence-corrected chi connectivity index (χ2v) is 9.07. The maximum Gasteiger partial charge on any atom is 0.354 e. The quantitative estimate of drug-likeness (QED) is 0.319. The standard InChI is InChI=1S/C26H18ClNO5S/c1-32-20-12-5-2-7-15(20)14-28-19-11-4-3-10-18(19)23-21(25(28)30)22(29)24(26(31)33-23)34-17-9-6-8-16(27)13-17/h2-13,29H,14H2,1H3. The second kappa shape index (κ2) is 8.93. The zero-order valence-electron chi connectivity index (χ0n) is 17.9. The Kier molecular flexibility index (Phi) is 5.81. The molecule has 0 amide bonds. The molecule has 8 heteroatoms. The fraction of sp³-hybridized carbons (Fsp3) is 0.0769. The van der Waals surface area contributed by atoms with Gasteiger partial charge in [-0.1, -0.05) is 59.8 Å². The number of nitrogens with zero attached hydrogens (tertiary/aromatic N) is 1. The molecule has 0 fully saturated rings. The van der Waals surface area contributed by atoms with E-state index in [0.29, 0.717) is 26.6 Å². The highest BCUT2D eigenvalue weighted by Crippen LogP contribution is 2.37. The number of rotatable bonds is 5. The van der Waals surface area contributed by atoms with Gasteiger partial charge in [0.15, 0.2) is 11.3 Å². The van der Waals surface area contributed by atoms with Gasteiger partial charge in [-0.25, -0.2) is 4.79 Å². The van der Waals surface area contributed by atoms with E-state index in [2.05, 4.69) is 0 Å². The van der Waals surface area contributed by atoms with E-state index < -0.39 is 16.9 Å². The Bertz CT molecular complexity index is 1670. The molecule has 0 aliphatic carbocycles. The summed E-state index contributed by atoms with van der Waals surface area (Å²) in [5.74, 6) is 0.223. The lowest BCUT2D eigenvalue weighted by molar-refractivity contribution is 0.408. The summed E-state index contributed by atoms with van der Waals surface area (Å²) < 4.78 is 12.6. The molecular formula is C26H18ClNO5S. The molecule has 0 atom stereocenters. The molecule has 5 rings (SSSR count). The summed E-state index contributed by atoms with van der Waals surface area (Å²) in [6.45, 7) is 0.203. The number of aromatic hydroxyl groups is 1. The van der Waals surface area contributed by atoms with E-state index in [-0.39, 0.29) is 22.4 Å². The van der Waals surface area contributed by atoms with Gasteiger partial charge in [0, 0.05) is 20.9 Å². The molecular weight excluding hydrogens is 474 g/mol. The van der Waals surface area contributed by atoms with Gasteiger partial charge in [-0.15, -0.1) is 0 Å². The smallest absolute Gasteiger partial charge is 0.354 e. The van der Waals surface area contributed by atoms with E-state index in [1.54, 1.807) is 60.2 Å². The number of aromatic nitrogens is 1. The molecule has 2 aromatic heterocycles. The Balaban J connectivity index is 1.78. The summed E-state index contributed by atoms with van der Waals surface area (Å²) in [6, 6.07) is 21.4. The molecule has 0 saturated carbocycles. The third kappa shape index (κ3) is 3.83. The monoisotopic (exact) mass is 491 g/mol. The molecule has 2 heterocycles. The molecule has 34 heavy (non-hydrogen) atoms. The molecule has 6 nitrogen and oxygen atoms in total. The lowest BCUT2D eigenvalue weighted by Crippen LogP contribution is -2.23. The number of pyridine rings is 1. The maximum atomic E-state index is 13.7. The van der Waals surface area contributed by atoms with Gasteiger partial charge in [0.05, 0.1) is 19.2 Å². The maximum absolute atomic E-state index is 13.7. The molecule has 170 valence electrons. The Morgan fingerprint density at radius 2 is 1.79 bits per heavy atom. The van der Waals surface area contributed by atoms with Crippen molar-refractivity contribution in [3.8, 4) is 11.5 Å². The second-order valence-electron chi connectivity index (χ2n) is 7.55. The van der Waals surface area contributed by atoms with Gasteiger partial charge in [0.2, 0.25) is 0 Å². The van der Waals surface area contributed by atoms with Crippen LogP contribution in [0.3, 0.4) is 0 Å². The fourth-order valence-electron chi connectivity index (χ4n) is 3.94. The summed E-state index contributed by atoms with van der Waals surface area (Å²) in [5.41, 5.74) is 0.205. The lowest BCUT2D eigenvalue weighted by Gasteiger charge is -2.15. The van der Waals surface area contributed by atoms with Crippen LogP contribution in [0.25, 0.3) is 21.9 Å². The molecule has 1 N–H and O–H groups in total. The summed E-state index contributed by atoms with van der Waals surface area (Å²) in [7, 11) is 1.57. The third-order valence-corrected chi connectivity index (χ3v) is 6.78. The number of ether oxygens (including phenoxy) is 1. The van der Waals surface area contributed by atoms with Gasteiger partial charge in [-0.05, 0) is 36.4 Å². The first-order valence-corrected chi connectivity index (χ1v) is 11.5. The predicted octanol–water partition coefficient (Wildman–Crippen LogP) is 5.68. The van der Waals surface area contributed by atoms with Crippen LogP contribution in [0.4, 0.5) is 0 Å².